The van der Waals surface area contributed by atoms with E-state index in [0.717, 1.165) is 42.4 Å². The predicted octanol–water partition coefficient (Wildman–Crippen LogP) is 4.01. The van der Waals surface area contributed by atoms with E-state index in [9.17, 15) is 18.0 Å². The molecule has 166 valence electrons. The van der Waals surface area contributed by atoms with Crippen LogP contribution in [0.4, 0.5) is 10.7 Å². The van der Waals surface area contributed by atoms with Crippen molar-refractivity contribution in [2.45, 2.75) is 32.6 Å². The van der Waals surface area contributed by atoms with Crippen LogP contribution in [0, 0.1) is 0 Å². The first kappa shape index (κ1) is 23.0. The van der Waals surface area contributed by atoms with Crippen molar-refractivity contribution in [2.75, 3.05) is 29.0 Å². The van der Waals surface area contributed by atoms with Crippen LogP contribution in [0.15, 0.2) is 36.9 Å². The molecule has 1 amide bonds. The van der Waals surface area contributed by atoms with E-state index < -0.39 is 16.0 Å². The molecule has 1 aliphatic carbocycles. The Hall–Kier alpha value is -2.65. The molecular formula is C22H26N2O5S2. The number of benzene rings is 1. The zero-order valence-electron chi connectivity index (χ0n) is 17.6. The molecule has 9 heteroatoms. The second-order valence-corrected chi connectivity index (χ2v) is 10.2. The number of esters is 1. The van der Waals surface area contributed by atoms with Gasteiger partial charge in [0.05, 0.1) is 30.7 Å². The number of aryl methyl sites for hydroxylation is 1. The van der Waals surface area contributed by atoms with Gasteiger partial charge in [0.1, 0.15) is 5.00 Å². The zero-order chi connectivity index (χ0) is 22.6. The van der Waals surface area contributed by atoms with Crippen molar-refractivity contribution >= 4 is 43.9 Å². The maximum absolute atomic E-state index is 12.9. The van der Waals surface area contributed by atoms with Crippen molar-refractivity contribution in [3.63, 3.8) is 0 Å². The summed E-state index contributed by atoms with van der Waals surface area (Å²) in [6.45, 7) is 5.74. The minimum absolute atomic E-state index is 0.133. The Bertz CT molecular complexity index is 1090. The summed E-state index contributed by atoms with van der Waals surface area (Å²) >= 11 is 1.43. The number of carbonyl (C=O) groups excluding carboxylic acids is 2. The van der Waals surface area contributed by atoms with Crippen LogP contribution < -0.4 is 9.62 Å². The molecule has 1 aliphatic rings. The standard InChI is InChI=1S/C22H26N2O5S2/c1-4-14-24(31(3,27)28)16-12-10-15(11-13-16)20(25)23-21-19(22(26)29-5-2)17-8-6-7-9-18(17)30-21/h4,10-13H,1,5-9,14H2,2-3H3,(H,23,25). The van der Waals surface area contributed by atoms with Gasteiger partial charge >= 0.3 is 5.97 Å². The minimum Gasteiger partial charge on any atom is -0.462 e. The topological polar surface area (TPSA) is 92.8 Å². The number of hydrogen-bond acceptors (Lipinski definition) is 6. The molecule has 0 radical (unpaired) electrons. The number of ether oxygens (including phenoxy) is 1. The number of amides is 1. The number of carbonyl (C=O) groups is 2. The summed E-state index contributed by atoms with van der Waals surface area (Å²) < 4.78 is 30.4. The Morgan fingerprint density at radius 3 is 2.52 bits per heavy atom. The Morgan fingerprint density at radius 2 is 1.90 bits per heavy atom. The first-order valence-electron chi connectivity index (χ1n) is 10.1. The Morgan fingerprint density at radius 1 is 1.23 bits per heavy atom. The van der Waals surface area contributed by atoms with Crippen molar-refractivity contribution in [3.05, 3.63) is 58.5 Å². The highest BCUT2D eigenvalue weighted by molar-refractivity contribution is 7.92. The van der Waals surface area contributed by atoms with Gasteiger partial charge < -0.3 is 10.1 Å². The zero-order valence-corrected chi connectivity index (χ0v) is 19.3. The van der Waals surface area contributed by atoms with Crippen molar-refractivity contribution < 1.29 is 22.7 Å². The van der Waals surface area contributed by atoms with Crippen molar-refractivity contribution in [1.82, 2.24) is 0 Å². The molecule has 0 unspecified atom stereocenters. The van der Waals surface area contributed by atoms with Gasteiger partial charge in [-0.3, -0.25) is 9.10 Å². The van der Waals surface area contributed by atoms with Crippen LogP contribution in [-0.2, 0) is 27.6 Å². The van der Waals surface area contributed by atoms with Crippen LogP contribution in [0.1, 0.15) is 50.9 Å². The largest absolute Gasteiger partial charge is 0.462 e. The van der Waals surface area contributed by atoms with Crippen LogP contribution in [0.25, 0.3) is 0 Å². The van der Waals surface area contributed by atoms with E-state index in [1.807, 2.05) is 0 Å². The maximum atomic E-state index is 12.9. The lowest BCUT2D eigenvalue weighted by molar-refractivity contribution is 0.0526. The molecule has 0 atom stereocenters. The molecule has 0 bridgehead atoms. The highest BCUT2D eigenvalue weighted by Gasteiger charge is 2.27. The van der Waals surface area contributed by atoms with Gasteiger partial charge in [0, 0.05) is 10.4 Å². The monoisotopic (exact) mass is 462 g/mol. The third-order valence-corrected chi connectivity index (χ3v) is 7.36. The van der Waals surface area contributed by atoms with Crippen LogP contribution in [0.3, 0.4) is 0 Å². The average molecular weight is 463 g/mol. The Balaban J connectivity index is 1.86. The lowest BCUT2D eigenvalue weighted by Gasteiger charge is -2.20. The van der Waals surface area contributed by atoms with Crippen LogP contribution in [0.5, 0.6) is 0 Å². The van der Waals surface area contributed by atoms with Crippen LogP contribution in [0.2, 0.25) is 0 Å². The first-order chi connectivity index (χ1) is 14.8. The van der Waals surface area contributed by atoms with Gasteiger partial charge in [-0.1, -0.05) is 6.08 Å². The van der Waals surface area contributed by atoms with Gasteiger partial charge in [-0.15, -0.1) is 17.9 Å². The van der Waals surface area contributed by atoms with Gasteiger partial charge in [0.25, 0.3) is 5.91 Å². The number of fused-ring (bicyclic) bond motifs is 1. The average Bonchev–Trinajstić information content (AvgIpc) is 3.09. The molecule has 0 spiro atoms. The predicted molar refractivity (Wildman–Crippen MR) is 124 cm³/mol. The van der Waals surface area contributed by atoms with Gasteiger partial charge in [0.2, 0.25) is 10.0 Å². The van der Waals surface area contributed by atoms with Gasteiger partial charge in [-0.2, -0.15) is 0 Å². The van der Waals surface area contributed by atoms with Gasteiger partial charge in [-0.25, -0.2) is 13.2 Å². The molecule has 7 nitrogen and oxygen atoms in total. The number of rotatable bonds is 8. The molecule has 1 N–H and O–H groups in total. The van der Waals surface area contributed by atoms with E-state index in [2.05, 4.69) is 11.9 Å². The van der Waals surface area contributed by atoms with E-state index in [0.29, 0.717) is 21.8 Å². The molecule has 0 saturated heterocycles. The third kappa shape index (κ3) is 5.16. The van der Waals surface area contributed by atoms with Gasteiger partial charge in [-0.05, 0) is 62.4 Å². The molecule has 0 fully saturated rings. The minimum atomic E-state index is -3.47. The summed E-state index contributed by atoms with van der Waals surface area (Å²) in [7, 11) is -3.47. The highest BCUT2D eigenvalue weighted by Crippen LogP contribution is 2.38. The van der Waals surface area contributed by atoms with Gasteiger partial charge in [0.15, 0.2) is 0 Å². The molecule has 31 heavy (non-hydrogen) atoms. The number of nitrogens with one attached hydrogen (secondary N) is 1. The fourth-order valence-electron chi connectivity index (χ4n) is 3.58. The van der Waals surface area contributed by atoms with Crippen LogP contribution >= 0.6 is 11.3 Å². The summed E-state index contributed by atoms with van der Waals surface area (Å²) in [5, 5.41) is 3.36. The number of sulfonamides is 1. The lowest BCUT2D eigenvalue weighted by atomic mass is 9.95. The fraction of sp³-hybridized carbons (Fsp3) is 0.364. The quantitative estimate of drug-likeness (QED) is 0.473. The van der Waals surface area contributed by atoms with Crippen molar-refractivity contribution in [1.29, 1.82) is 0 Å². The van der Waals surface area contributed by atoms with Crippen molar-refractivity contribution in [2.24, 2.45) is 0 Å². The van der Waals surface area contributed by atoms with E-state index >= 15 is 0 Å². The highest BCUT2D eigenvalue weighted by atomic mass is 32.2. The molecule has 3 rings (SSSR count). The number of anilines is 2. The summed E-state index contributed by atoms with van der Waals surface area (Å²) in [6, 6.07) is 6.27. The Kier molecular flexibility index (Phi) is 7.17. The third-order valence-electron chi connectivity index (χ3n) is 4.99. The SMILES string of the molecule is C=CCN(c1ccc(C(=O)Nc2sc3c(c2C(=O)OCC)CCCC3)cc1)S(C)(=O)=O. The molecule has 1 heterocycles. The number of thiophene rings is 1. The normalized spacial score (nSPS) is 13.2. The fourth-order valence-corrected chi connectivity index (χ4v) is 5.73. The Labute approximate surface area is 186 Å². The van der Waals surface area contributed by atoms with Crippen LogP contribution in [-0.4, -0.2) is 39.7 Å². The molecule has 2 aromatic rings. The molecule has 0 aliphatic heterocycles. The smallest absolute Gasteiger partial charge is 0.341 e. The second-order valence-electron chi connectivity index (χ2n) is 7.22. The number of nitrogens with zero attached hydrogens (tertiary/aromatic N) is 1. The van der Waals surface area contributed by atoms with E-state index in [1.54, 1.807) is 31.2 Å². The summed E-state index contributed by atoms with van der Waals surface area (Å²) in [6.07, 6.45) is 6.37. The van der Waals surface area contributed by atoms with Crippen molar-refractivity contribution in [3.8, 4) is 0 Å². The first-order valence-corrected chi connectivity index (χ1v) is 12.7. The number of hydrogen-bond donors (Lipinski definition) is 1. The maximum Gasteiger partial charge on any atom is 0.341 e. The van der Waals surface area contributed by atoms with E-state index in [-0.39, 0.29) is 19.1 Å². The molecular weight excluding hydrogens is 436 g/mol. The van der Waals surface area contributed by atoms with E-state index in [4.69, 9.17) is 4.74 Å². The molecule has 1 aromatic carbocycles. The summed E-state index contributed by atoms with van der Waals surface area (Å²) in [5.74, 6) is -0.786. The van der Waals surface area contributed by atoms with E-state index in [1.165, 1.54) is 21.7 Å². The lowest BCUT2D eigenvalue weighted by Crippen LogP contribution is -2.29. The summed E-state index contributed by atoms with van der Waals surface area (Å²) in [5.41, 5.74) is 2.24. The molecule has 1 aromatic heterocycles. The summed E-state index contributed by atoms with van der Waals surface area (Å²) in [4.78, 5) is 26.5. The second kappa shape index (κ2) is 9.65. The molecule has 0 saturated carbocycles.